The second-order valence-corrected chi connectivity index (χ2v) is 9.81. The van der Waals surface area contributed by atoms with Crippen LogP contribution in [-0.4, -0.2) is 35.4 Å². The van der Waals surface area contributed by atoms with E-state index in [1.807, 2.05) is 91.8 Å². The Labute approximate surface area is 184 Å². The molecular weight excluding hydrogens is 411 g/mol. The molecule has 31 heavy (non-hydrogen) atoms. The van der Waals surface area contributed by atoms with Crippen LogP contribution in [0.3, 0.4) is 0 Å². The Morgan fingerprint density at radius 1 is 0.839 bits per heavy atom. The van der Waals surface area contributed by atoms with E-state index in [0.717, 1.165) is 16.9 Å². The summed E-state index contributed by atoms with van der Waals surface area (Å²) < 4.78 is 31.0. The van der Waals surface area contributed by atoms with Crippen molar-refractivity contribution < 1.29 is 18.6 Å². The summed E-state index contributed by atoms with van der Waals surface area (Å²) in [4.78, 5) is 2.00. The first kappa shape index (κ1) is 22.7. The molecule has 0 saturated heterocycles. The van der Waals surface area contributed by atoms with Crippen LogP contribution in [-0.2, 0) is 9.09 Å². The minimum Gasteiger partial charge on any atom is -0.493 e. The van der Waals surface area contributed by atoms with E-state index in [4.69, 9.17) is 14.0 Å². The minimum absolute atomic E-state index is 0.561. The monoisotopic (exact) mass is 440 g/mol. The summed E-state index contributed by atoms with van der Waals surface area (Å²) in [6.07, 6.45) is 0. The largest absolute Gasteiger partial charge is 0.493 e. The average Bonchev–Trinajstić information content (AvgIpc) is 2.82. The van der Waals surface area contributed by atoms with E-state index in [2.05, 4.69) is 5.32 Å². The van der Waals surface area contributed by atoms with Gasteiger partial charge in [-0.05, 0) is 54.1 Å². The van der Waals surface area contributed by atoms with Crippen LogP contribution in [0.2, 0.25) is 0 Å². The second kappa shape index (κ2) is 9.90. The van der Waals surface area contributed by atoms with Crippen LogP contribution >= 0.6 is 7.37 Å². The van der Waals surface area contributed by atoms with Crippen LogP contribution in [0.1, 0.15) is 11.3 Å². The zero-order chi connectivity index (χ0) is 22.4. The lowest BCUT2D eigenvalue weighted by molar-refractivity contribution is 0.354. The van der Waals surface area contributed by atoms with E-state index in [1.165, 1.54) is 7.11 Å². The molecule has 3 aromatic carbocycles. The van der Waals surface area contributed by atoms with Gasteiger partial charge in [-0.3, -0.25) is 4.57 Å². The summed E-state index contributed by atoms with van der Waals surface area (Å²) in [6.45, 7) is 0. The smallest absolute Gasteiger partial charge is 0.257 e. The van der Waals surface area contributed by atoms with Gasteiger partial charge in [-0.25, -0.2) is 0 Å². The lowest BCUT2D eigenvalue weighted by atomic mass is 10.2. The molecule has 7 heteroatoms. The van der Waals surface area contributed by atoms with Crippen molar-refractivity contribution in [1.82, 2.24) is 0 Å². The van der Waals surface area contributed by atoms with Gasteiger partial charge >= 0.3 is 0 Å². The van der Waals surface area contributed by atoms with E-state index in [-0.39, 0.29) is 0 Å². The van der Waals surface area contributed by atoms with E-state index in [9.17, 15) is 4.57 Å². The normalized spacial score (nSPS) is 13.7. The zero-order valence-corrected chi connectivity index (χ0v) is 19.4. The van der Waals surface area contributed by atoms with E-state index < -0.39 is 13.2 Å². The van der Waals surface area contributed by atoms with Crippen molar-refractivity contribution in [1.29, 1.82) is 0 Å². The highest BCUT2D eigenvalue weighted by molar-refractivity contribution is 7.67. The molecule has 0 heterocycles. The van der Waals surface area contributed by atoms with Crippen LogP contribution in [0.5, 0.6) is 11.5 Å². The highest BCUT2D eigenvalue weighted by Crippen LogP contribution is 2.59. The molecule has 2 atom stereocenters. The summed E-state index contributed by atoms with van der Waals surface area (Å²) in [5, 5.41) is 4.05. The highest BCUT2D eigenvalue weighted by atomic mass is 31.2. The van der Waals surface area contributed by atoms with Gasteiger partial charge in [-0.2, -0.15) is 0 Å². The summed E-state index contributed by atoms with van der Waals surface area (Å²) in [5.74, 6) is 0.530. The summed E-state index contributed by atoms with van der Waals surface area (Å²) in [7, 11) is 5.21. The molecule has 0 radical (unpaired) electrons. The molecule has 1 N–H and O–H groups in total. The third-order valence-electron chi connectivity index (χ3n) is 5.14. The first-order valence-corrected chi connectivity index (χ1v) is 11.6. The van der Waals surface area contributed by atoms with Crippen molar-refractivity contribution in [2.75, 3.05) is 45.6 Å². The fourth-order valence-electron chi connectivity index (χ4n) is 3.40. The number of para-hydroxylation sites is 1. The van der Waals surface area contributed by atoms with Gasteiger partial charge in [-0.15, -0.1) is 0 Å². The molecule has 164 valence electrons. The Bertz CT molecular complexity index is 1040. The van der Waals surface area contributed by atoms with Crippen LogP contribution in [0.15, 0.2) is 72.8 Å². The maximum atomic E-state index is 14.4. The molecule has 2 unspecified atom stereocenters. The Hall–Kier alpha value is -2.95. The number of anilines is 2. The van der Waals surface area contributed by atoms with Crippen molar-refractivity contribution in [3.8, 4) is 11.5 Å². The van der Waals surface area contributed by atoms with Crippen LogP contribution in [0.4, 0.5) is 11.4 Å². The Morgan fingerprint density at radius 2 is 1.48 bits per heavy atom. The molecule has 6 nitrogen and oxygen atoms in total. The number of nitrogens with zero attached hydrogens (tertiary/aromatic N) is 1. The van der Waals surface area contributed by atoms with Crippen LogP contribution in [0, 0.1) is 0 Å². The fourth-order valence-corrected chi connectivity index (χ4v) is 5.55. The van der Waals surface area contributed by atoms with Crippen LogP contribution < -0.4 is 25.0 Å². The fraction of sp³-hybridized carbons (Fsp3) is 0.250. The van der Waals surface area contributed by atoms with Gasteiger partial charge in [0.15, 0.2) is 11.5 Å². The van der Waals surface area contributed by atoms with Crippen molar-refractivity contribution in [2.24, 2.45) is 0 Å². The van der Waals surface area contributed by atoms with Crippen molar-refractivity contribution >= 4 is 24.0 Å². The zero-order valence-electron chi connectivity index (χ0n) is 18.5. The number of rotatable bonds is 9. The molecule has 0 saturated carbocycles. The maximum Gasteiger partial charge on any atom is 0.257 e. The molecule has 0 fully saturated rings. The molecule has 0 amide bonds. The average molecular weight is 440 g/mol. The molecule has 0 aliphatic rings. The molecule has 0 aromatic heterocycles. The minimum atomic E-state index is -3.38. The van der Waals surface area contributed by atoms with Gasteiger partial charge in [0.1, 0.15) is 5.78 Å². The van der Waals surface area contributed by atoms with E-state index >= 15 is 0 Å². The topological polar surface area (TPSA) is 60.0 Å². The molecule has 0 aliphatic carbocycles. The Morgan fingerprint density at radius 3 is 2.03 bits per heavy atom. The molecule has 0 aliphatic heterocycles. The first-order valence-electron chi connectivity index (χ1n) is 9.90. The van der Waals surface area contributed by atoms with Gasteiger partial charge in [0.25, 0.3) is 7.37 Å². The van der Waals surface area contributed by atoms with Crippen LogP contribution in [0.25, 0.3) is 0 Å². The Balaban J connectivity index is 2.12. The van der Waals surface area contributed by atoms with Gasteiger partial charge in [0, 0.05) is 37.9 Å². The number of nitrogens with one attached hydrogen (secondary N) is 1. The van der Waals surface area contributed by atoms with Crippen molar-refractivity contribution in [3.63, 3.8) is 0 Å². The first-order chi connectivity index (χ1) is 14.9. The number of methoxy groups -OCH3 is 2. The van der Waals surface area contributed by atoms with Gasteiger partial charge < -0.3 is 24.2 Å². The van der Waals surface area contributed by atoms with Gasteiger partial charge in [-0.1, -0.05) is 24.3 Å². The van der Waals surface area contributed by atoms with Crippen molar-refractivity contribution in [3.05, 3.63) is 78.4 Å². The second-order valence-electron chi connectivity index (χ2n) is 7.22. The molecule has 0 bridgehead atoms. The molecule has 0 spiro atoms. The predicted octanol–water partition coefficient (Wildman–Crippen LogP) is 5.13. The summed E-state index contributed by atoms with van der Waals surface area (Å²) in [5.41, 5.74) is 2.62. The summed E-state index contributed by atoms with van der Waals surface area (Å²) >= 11 is 0. The van der Waals surface area contributed by atoms with Crippen molar-refractivity contribution in [2.45, 2.75) is 5.78 Å². The standard InChI is InChI=1S/C24H29N2O4P/c1-26(2)20-12-14-21(15-13-20)31(27,30-5)24(25-19-9-7-6-8-10-19)18-11-16-22(28-3)23(17-18)29-4/h6-17,24-25H,1-5H3. The third-order valence-corrected chi connectivity index (χ3v) is 7.81. The molecule has 3 rings (SSSR count). The molecule has 3 aromatic rings. The quantitative estimate of drug-likeness (QED) is 0.466. The number of benzene rings is 3. The maximum absolute atomic E-state index is 14.4. The lowest BCUT2D eigenvalue weighted by Gasteiger charge is -2.29. The Kier molecular flexibility index (Phi) is 7.26. The summed E-state index contributed by atoms with van der Waals surface area (Å²) in [6, 6.07) is 22.8. The number of hydrogen-bond donors (Lipinski definition) is 1. The molecular formula is C24H29N2O4P. The van der Waals surface area contributed by atoms with Gasteiger partial charge in [0.05, 0.1) is 14.2 Å². The third kappa shape index (κ3) is 4.87. The number of hydrogen-bond acceptors (Lipinski definition) is 6. The van der Waals surface area contributed by atoms with Gasteiger partial charge in [0.2, 0.25) is 0 Å². The predicted molar refractivity (Wildman–Crippen MR) is 127 cm³/mol. The van der Waals surface area contributed by atoms with E-state index in [0.29, 0.717) is 16.8 Å². The highest BCUT2D eigenvalue weighted by Gasteiger charge is 2.37. The van der Waals surface area contributed by atoms with E-state index in [1.54, 1.807) is 14.2 Å². The lowest BCUT2D eigenvalue weighted by Crippen LogP contribution is -2.20. The number of ether oxygens (including phenoxy) is 2. The SMILES string of the molecule is COc1ccc(C(Nc2ccccc2)P(=O)(OC)c2ccc(N(C)C)cc2)cc1OC.